The molecule has 150 valence electrons. The van der Waals surface area contributed by atoms with Crippen LogP contribution in [0.4, 0.5) is 15.8 Å². The summed E-state index contributed by atoms with van der Waals surface area (Å²) in [5.74, 6) is -1.51. The van der Waals surface area contributed by atoms with Crippen LogP contribution >= 0.6 is 0 Å². The fourth-order valence-electron chi connectivity index (χ4n) is 2.92. The molecule has 0 atom stereocenters. The van der Waals surface area contributed by atoms with Crippen molar-refractivity contribution in [1.29, 1.82) is 0 Å². The number of nitrogens with one attached hydrogen (secondary N) is 2. The number of carbonyl (C=O) groups excluding carboxylic acids is 1. The number of carbonyl (C=O) groups is 1. The molecule has 1 aliphatic rings. The van der Waals surface area contributed by atoms with Crippen molar-refractivity contribution in [3.63, 3.8) is 0 Å². The van der Waals surface area contributed by atoms with Gasteiger partial charge in [-0.05, 0) is 36.4 Å². The fraction of sp³-hybridized carbons (Fsp3) is 0.316. The molecular weight excluding hydrogens is 385 g/mol. The second-order valence-corrected chi connectivity index (χ2v) is 8.01. The lowest BCUT2D eigenvalue weighted by atomic mass is 10.2. The van der Waals surface area contributed by atoms with E-state index in [0.717, 1.165) is 37.0 Å². The van der Waals surface area contributed by atoms with E-state index < -0.39 is 21.7 Å². The summed E-state index contributed by atoms with van der Waals surface area (Å²) in [6, 6.07) is 10.3. The number of anilines is 2. The van der Waals surface area contributed by atoms with Crippen LogP contribution in [0.3, 0.4) is 0 Å². The fourth-order valence-corrected chi connectivity index (χ4v) is 3.99. The summed E-state index contributed by atoms with van der Waals surface area (Å²) < 4.78 is 46.1. The summed E-state index contributed by atoms with van der Waals surface area (Å²) >= 11 is 0. The van der Waals surface area contributed by atoms with Crippen molar-refractivity contribution in [2.24, 2.45) is 0 Å². The maximum Gasteiger partial charge on any atom is 0.258 e. The molecule has 2 aromatic carbocycles. The van der Waals surface area contributed by atoms with Crippen molar-refractivity contribution in [3.8, 4) is 0 Å². The zero-order chi connectivity index (χ0) is 20.1. The summed E-state index contributed by atoms with van der Waals surface area (Å²) in [7, 11) is -3.79. The zero-order valence-electron chi connectivity index (χ0n) is 15.4. The van der Waals surface area contributed by atoms with E-state index in [1.165, 1.54) is 0 Å². The Morgan fingerprint density at radius 2 is 1.93 bits per heavy atom. The van der Waals surface area contributed by atoms with Crippen LogP contribution in [0, 0.1) is 5.82 Å². The van der Waals surface area contributed by atoms with Gasteiger partial charge in [0.05, 0.1) is 23.7 Å². The predicted molar refractivity (Wildman–Crippen MR) is 105 cm³/mol. The molecule has 0 saturated carbocycles. The topological polar surface area (TPSA) is 87.7 Å². The lowest BCUT2D eigenvalue weighted by molar-refractivity contribution is 0.102. The number of nitrogens with zero attached hydrogens (tertiary/aromatic N) is 1. The van der Waals surface area contributed by atoms with Gasteiger partial charge >= 0.3 is 0 Å². The van der Waals surface area contributed by atoms with Crippen LogP contribution in [0.2, 0.25) is 0 Å². The molecule has 1 heterocycles. The summed E-state index contributed by atoms with van der Waals surface area (Å²) in [5, 5.41) is 2.64. The van der Waals surface area contributed by atoms with Crippen LogP contribution in [-0.2, 0) is 14.8 Å². The maximum absolute atomic E-state index is 14.2. The molecule has 7 nitrogen and oxygen atoms in total. The van der Waals surface area contributed by atoms with Gasteiger partial charge in [-0.25, -0.2) is 17.5 Å². The van der Waals surface area contributed by atoms with Crippen LogP contribution in [0.15, 0.2) is 47.4 Å². The molecule has 0 unspecified atom stereocenters. The number of sulfonamides is 1. The van der Waals surface area contributed by atoms with Crippen LogP contribution in [-0.4, -0.2) is 47.2 Å². The Morgan fingerprint density at radius 3 is 2.64 bits per heavy atom. The molecule has 2 aromatic rings. The van der Waals surface area contributed by atoms with E-state index >= 15 is 0 Å². The number of hydrogen-bond acceptors (Lipinski definition) is 5. The Kier molecular flexibility index (Phi) is 6.28. The van der Waals surface area contributed by atoms with Gasteiger partial charge in [0.2, 0.25) is 10.0 Å². The van der Waals surface area contributed by atoms with E-state index in [9.17, 15) is 17.6 Å². The zero-order valence-corrected chi connectivity index (χ0v) is 16.3. The van der Waals surface area contributed by atoms with E-state index in [2.05, 4.69) is 14.9 Å². The molecule has 0 aliphatic carbocycles. The molecule has 0 radical (unpaired) electrons. The molecular formula is C19H22FN3O4S. The van der Waals surface area contributed by atoms with Crippen LogP contribution in [0.25, 0.3) is 0 Å². The summed E-state index contributed by atoms with van der Waals surface area (Å²) in [6.45, 7) is 4.59. The molecule has 2 N–H and O–H groups in total. The number of amides is 1. The van der Waals surface area contributed by atoms with Gasteiger partial charge in [0.1, 0.15) is 5.82 Å². The third-order valence-corrected chi connectivity index (χ3v) is 5.85. The van der Waals surface area contributed by atoms with Gasteiger partial charge < -0.3 is 15.0 Å². The summed E-state index contributed by atoms with van der Waals surface area (Å²) in [5.41, 5.74) is 1.08. The van der Waals surface area contributed by atoms with Crippen LogP contribution in [0.1, 0.15) is 17.3 Å². The minimum Gasteiger partial charge on any atom is -0.378 e. The highest BCUT2D eigenvalue weighted by molar-refractivity contribution is 7.89. The highest BCUT2D eigenvalue weighted by Gasteiger charge is 2.19. The predicted octanol–water partition coefficient (Wildman–Crippen LogP) is 2.21. The van der Waals surface area contributed by atoms with Crippen molar-refractivity contribution < 1.29 is 22.3 Å². The Labute approximate surface area is 163 Å². The van der Waals surface area contributed by atoms with E-state index in [0.29, 0.717) is 18.9 Å². The molecule has 1 amide bonds. The van der Waals surface area contributed by atoms with Crippen molar-refractivity contribution >= 4 is 27.3 Å². The van der Waals surface area contributed by atoms with Gasteiger partial charge in [-0.15, -0.1) is 0 Å². The highest BCUT2D eigenvalue weighted by Crippen LogP contribution is 2.22. The molecule has 9 heteroatoms. The largest absolute Gasteiger partial charge is 0.378 e. The SMILES string of the molecule is CCNS(=O)(=O)c1ccc(F)c(C(=O)Nc2cccc(N3CCOCC3)c2)c1. The number of benzene rings is 2. The molecule has 1 saturated heterocycles. The molecule has 0 bridgehead atoms. The monoisotopic (exact) mass is 407 g/mol. The van der Waals surface area contributed by atoms with Crippen molar-refractivity contribution in [3.05, 3.63) is 53.8 Å². The average Bonchev–Trinajstić information content (AvgIpc) is 2.69. The molecule has 1 fully saturated rings. The summed E-state index contributed by atoms with van der Waals surface area (Å²) in [6.07, 6.45) is 0. The second-order valence-electron chi connectivity index (χ2n) is 6.25. The minimum absolute atomic E-state index is 0.164. The first kappa shape index (κ1) is 20.2. The lowest BCUT2D eigenvalue weighted by Crippen LogP contribution is -2.36. The second kappa shape index (κ2) is 8.68. The number of ether oxygens (including phenoxy) is 1. The Balaban J connectivity index is 1.81. The van der Waals surface area contributed by atoms with Gasteiger partial charge in [0.25, 0.3) is 5.91 Å². The van der Waals surface area contributed by atoms with Crippen LogP contribution < -0.4 is 14.9 Å². The van der Waals surface area contributed by atoms with Gasteiger partial charge in [-0.3, -0.25) is 4.79 Å². The third-order valence-electron chi connectivity index (χ3n) is 4.31. The van der Waals surface area contributed by atoms with E-state index in [4.69, 9.17) is 4.74 Å². The minimum atomic E-state index is -3.79. The van der Waals surface area contributed by atoms with Gasteiger partial charge in [-0.1, -0.05) is 13.0 Å². The van der Waals surface area contributed by atoms with Crippen LogP contribution in [0.5, 0.6) is 0 Å². The quantitative estimate of drug-likeness (QED) is 0.767. The number of halogens is 1. The number of hydrogen-bond donors (Lipinski definition) is 2. The third kappa shape index (κ3) is 4.67. The van der Waals surface area contributed by atoms with E-state index in [1.807, 2.05) is 6.07 Å². The average molecular weight is 407 g/mol. The van der Waals surface area contributed by atoms with Crippen molar-refractivity contribution in [2.45, 2.75) is 11.8 Å². The van der Waals surface area contributed by atoms with Gasteiger partial charge in [0.15, 0.2) is 0 Å². The van der Waals surface area contributed by atoms with Gasteiger partial charge in [-0.2, -0.15) is 0 Å². The van der Waals surface area contributed by atoms with Gasteiger partial charge in [0, 0.05) is 31.0 Å². The molecule has 1 aliphatic heterocycles. The first-order chi connectivity index (χ1) is 13.4. The first-order valence-electron chi connectivity index (χ1n) is 8.94. The standard InChI is InChI=1S/C19H22FN3O4S/c1-2-21-28(25,26)16-6-7-18(20)17(13-16)19(24)22-14-4-3-5-15(12-14)23-8-10-27-11-9-23/h3-7,12-13,21H,2,8-11H2,1H3,(H,22,24). The normalized spacial score (nSPS) is 14.7. The molecule has 0 aromatic heterocycles. The molecule has 0 spiro atoms. The number of morpholine rings is 1. The van der Waals surface area contributed by atoms with E-state index in [1.54, 1.807) is 25.1 Å². The van der Waals surface area contributed by atoms with Crippen molar-refractivity contribution in [1.82, 2.24) is 4.72 Å². The highest BCUT2D eigenvalue weighted by atomic mass is 32.2. The number of rotatable bonds is 6. The lowest BCUT2D eigenvalue weighted by Gasteiger charge is -2.29. The Bertz CT molecular complexity index is 959. The maximum atomic E-state index is 14.2. The van der Waals surface area contributed by atoms with Crippen molar-refractivity contribution in [2.75, 3.05) is 43.1 Å². The first-order valence-corrected chi connectivity index (χ1v) is 10.4. The smallest absolute Gasteiger partial charge is 0.258 e. The molecule has 28 heavy (non-hydrogen) atoms. The summed E-state index contributed by atoms with van der Waals surface area (Å²) in [4.78, 5) is 14.5. The Morgan fingerprint density at radius 1 is 1.18 bits per heavy atom. The molecule has 3 rings (SSSR count). The van der Waals surface area contributed by atoms with E-state index in [-0.39, 0.29) is 17.0 Å². The Hall–Kier alpha value is -2.49.